The Bertz CT molecular complexity index is 485. The van der Waals surface area contributed by atoms with E-state index in [1.807, 2.05) is 33.8 Å². The zero-order valence-corrected chi connectivity index (χ0v) is 18.4. The van der Waals surface area contributed by atoms with Crippen LogP contribution in [0.3, 0.4) is 0 Å². The molecule has 3 N–H and O–H groups in total. The Balaban J connectivity index is 2.95. The highest BCUT2D eigenvalue weighted by Gasteiger charge is 2.47. The van der Waals surface area contributed by atoms with Crippen molar-refractivity contribution < 1.29 is 13.3 Å². The number of hydrogen-bond donors (Lipinski definition) is 2. The van der Waals surface area contributed by atoms with Gasteiger partial charge in [0.15, 0.2) is 0 Å². The van der Waals surface area contributed by atoms with Crippen molar-refractivity contribution in [3.8, 4) is 0 Å². The monoisotopic (exact) mass is 382 g/mol. The second-order valence-electron chi connectivity index (χ2n) is 7.83. The Morgan fingerprint density at radius 2 is 1.62 bits per heavy atom. The van der Waals surface area contributed by atoms with Gasteiger partial charge < -0.3 is 24.3 Å². The van der Waals surface area contributed by atoms with Crippen molar-refractivity contribution in [3.63, 3.8) is 0 Å². The molecular weight excluding hydrogens is 344 g/mol. The molecular formula is C20H38N2O3Si. The van der Waals surface area contributed by atoms with E-state index in [0.29, 0.717) is 13.1 Å². The predicted molar refractivity (Wildman–Crippen MR) is 110 cm³/mol. The summed E-state index contributed by atoms with van der Waals surface area (Å²) in [5.41, 5.74) is 6.45. The second-order valence-corrected chi connectivity index (χ2v) is 10.4. The highest BCUT2D eigenvalue weighted by atomic mass is 28.4. The van der Waals surface area contributed by atoms with Crippen LogP contribution in [0.1, 0.15) is 47.1 Å². The largest absolute Gasteiger partial charge is 0.502 e. The van der Waals surface area contributed by atoms with E-state index >= 15 is 0 Å². The van der Waals surface area contributed by atoms with Crippen LogP contribution in [-0.2, 0) is 19.7 Å². The SMILES string of the molecule is CC(C)O[Si](CCc1ccccc1)(OC(C)C)OC(C)(C)CNCCN. The van der Waals surface area contributed by atoms with Crippen molar-refractivity contribution >= 4 is 8.80 Å². The Morgan fingerprint density at radius 3 is 2.12 bits per heavy atom. The fourth-order valence-corrected chi connectivity index (χ4v) is 6.29. The molecule has 1 aromatic rings. The molecule has 0 aliphatic rings. The molecule has 0 spiro atoms. The first-order valence-corrected chi connectivity index (χ1v) is 11.6. The molecule has 6 heteroatoms. The van der Waals surface area contributed by atoms with E-state index in [2.05, 4.69) is 43.4 Å². The van der Waals surface area contributed by atoms with Crippen molar-refractivity contribution in [2.45, 2.75) is 71.8 Å². The number of nitrogens with one attached hydrogen (secondary N) is 1. The van der Waals surface area contributed by atoms with Crippen LogP contribution in [0, 0.1) is 0 Å². The van der Waals surface area contributed by atoms with E-state index in [0.717, 1.165) is 19.0 Å². The van der Waals surface area contributed by atoms with Gasteiger partial charge in [0, 0.05) is 37.9 Å². The zero-order valence-electron chi connectivity index (χ0n) is 17.4. The van der Waals surface area contributed by atoms with Crippen LogP contribution < -0.4 is 11.1 Å². The molecule has 0 saturated heterocycles. The molecule has 26 heavy (non-hydrogen) atoms. The number of aryl methyl sites for hydroxylation is 1. The number of nitrogens with two attached hydrogens (primary N) is 1. The third-order valence-corrected chi connectivity index (χ3v) is 7.08. The van der Waals surface area contributed by atoms with Gasteiger partial charge in [-0.15, -0.1) is 0 Å². The maximum atomic E-state index is 6.61. The predicted octanol–water partition coefficient (Wildman–Crippen LogP) is 3.36. The van der Waals surface area contributed by atoms with Crippen LogP contribution in [0.4, 0.5) is 0 Å². The summed E-state index contributed by atoms with van der Waals surface area (Å²) in [6, 6.07) is 11.2. The van der Waals surface area contributed by atoms with Gasteiger partial charge in [-0.1, -0.05) is 30.3 Å². The summed E-state index contributed by atoms with van der Waals surface area (Å²) in [4.78, 5) is 0. The first-order chi connectivity index (χ1) is 12.2. The van der Waals surface area contributed by atoms with E-state index in [1.54, 1.807) is 0 Å². The van der Waals surface area contributed by atoms with E-state index in [1.165, 1.54) is 5.56 Å². The quantitative estimate of drug-likeness (QED) is 0.404. The molecule has 1 rings (SSSR count). The Morgan fingerprint density at radius 1 is 1.04 bits per heavy atom. The lowest BCUT2D eigenvalue weighted by Gasteiger charge is -2.39. The van der Waals surface area contributed by atoms with Crippen molar-refractivity contribution in [1.29, 1.82) is 0 Å². The molecule has 0 amide bonds. The molecule has 1 aromatic carbocycles. The average molecular weight is 383 g/mol. The van der Waals surface area contributed by atoms with Crippen molar-refractivity contribution in [2.24, 2.45) is 5.73 Å². The van der Waals surface area contributed by atoms with E-state index in [4.69, 9.17) is 19.0 Å². The van der Waals surface area contributed by atoms with Crippen LogP contribution in [0.25, 0.3) is 0 Å². The van der Waals surface area contributed by atoms with Gasteiger partial charge in [-0.25, -0.2) is 0 Å². The topological polar surface area (TPSA) is 65.7 Å². The van der Waals surface area contributed by atoms with Crippen molar-refractivity contribution in [2.75, 3.05) is 19.6 Å². The summed E-state index contributed by atoms with van der Waals surface area (Å²) in [7, 11) is -2.87. The van der Waals surface area contributed by atoms with Gasteiger partial charge >= 0.3 is 8.80 Å². The van der Waals surface area contributed by atoms with Gasteiger partial charge in [0.1, 0.15) is 0 Å². The third-order valence-electron chi connectivity index (χ3n) is 3.70. The maximum absolute atomic E-state index is 6.61. The average Bonchev–Trinajstić information content (AvgIpc) is 2.52. The molecule has 0 bridgehead atoms. The summed E-state index contributed by atoms with van der Waals surface area (Å²) >= 11 is 0. The maximum Gasteiger partial charge on any atom is 0.502 e. The summed E-state index contributed by atoms with van der Waals surface area (Å²) in [5, 5.41) is 3.34. The molecule has 0 heterocycles. The lowest BCUT2D eigenvalue weighted by molar-refractivity contribution is -0.0361. The lowest BCUT2D eigenvalue weighted by atomic mass is 10.1. The minimum atomic E-state index is -2.87. The van der Waals surface area contributed by atoms with Crippen LogP contribution in [-0.4, -0.2) is 46.2 Å². The first-order valence-electron chi connectivity index (χ1n) is 9.68. The van der Waals surface area contributed by atoms with E-state index < -0.39 is 14.4 Å². The van der Waals surface area contributed by atoms with Gasteiger partial charge in [-0.2, -0.15) is 0 Å². The fraction of sp³-hybridized carbons (Fsp3) is 0.700. The molecule has 0 unspecified atom stereocenters. The Labute approximate surface area is 161 Å². The van der Waals surface area contributed by atoms with Crippen LogP contribution in [0.5, 0.6) is 0 Å². The fourth-order valence-electron chi connectivity index (χ4n) is 2.85. The lowest BCUT2D eigenvalue weighted by Crippen LogP contribution is -2.56. The summed E-state index contributed by atoms with van der Waals surface area (Å²) < 4.78 is 19.3. The van der Waals surface area contributed by atoms with Gasteiger partial charge in [0.05, 0.1) is 5.60 Å². The van der Waals surface area contributed by atoms with E-state index in [-0.39, 0.29) is 12.2 Å². The van der Waals surface area contributed by atoms with Gasteiger partial charge in [0.2, 0.25) is 0 Å². The summed E-state index contributed by atoms with van der Waals surface area (Å²) in [6.45, 7) is 14.4. The smallest absolute Gasteiger partial charge is 0.371 e. The first kappa shape index (κ1) is 23.3. The molecule has 0 saturated carbocycles. The highest BCUT2D eigenvalue weighted by Crippen LogP contribution is 2.27. The van der Waals surface area contributed by atoms with Crippen molar-refractivity contribution in [1.82, 2.24) is 5.32 Å². The molecule has 0 fully saturated rings. The second kappa shape index (κ2) is 11.2. The van der Waals surface area contributed by atoms with Crippen LogP contribution in [0.15, 0.2) is 30.3 Å². The summed E-state index contributed by atoms with van der Waals surface area (Å²) in [6.07, 6.45) is 0.965. The van der Waals surface area contributed by atoms with E-state index in [9.17, 15) is 0 Å². The molecule has 0 aliphatic carbocycles. The molecule has 150 valence electrons. The van der Waals surface area contributed by atoms with Crippen LogP contribution in [0.2, 0.25) is 6.04 Å². The minimum Gasteiger partial charge on any atom is -0.371 e. The van der Waals surface area contributed by atoms with Crippen LogP contribution >= 0.6 is 0 Å². The Kier molecular flexibility index (Phi) is 10.00. The van der Waals surface area contributed by atoms with Gasteiger partial charge in [0.25, 0.3) is 0 Å². The normalized spacial score (nSPS) is 13.0. The molecule has 0 aromatic heterocycles. The number of rotatable bonds is 13. The number of hydrogen-bond acceptors (Lipinski definition) is 5. The number of benzene rings is 1. The highest BCUT2D eigenvalue weighted by molar-refractivity contribution is 6.61. The van der Waals surface area contributed by atoms with Gasteiger partial charge in [-0.05, 0) is 53.5 Å². The molecule has 0 atom stereocenters. The van der Waals surface area contributed by atoms with Crippen molar-refractivity contribution in [3.05, 3.63) is 35.9 Å². The standard InChI is InChI=1S/C20H38N2O3Si/c1-17(2)23-26(24-18(3)4,15-12-19-10-8-7-9-11-19)25-20(5,6)16-22-14-13-21/h7-11,17-18,22H,12-16,21H2,1-6H3. The van der Waals surface area contributed by atoms with Gasteiger partial charge in [-0.3, -0.25) is 0 Å². The molecule has 0 radical (unpaired) electrons. The third kappa shape index (κ3) is 9.25. The zero-order chi connectivity index (χ0) is 19.6. The Hall–Kier alpha value is -0.763. The summed E-state index contributed by atoms with van der Waals surface area (Å²) in [5.74, 6) is 0. The molecule has 0 aliphatic heterocycles. The minimum absolute atomic E-state index is 0.0454. The molecule has 5 nitrogen and oxygen atoms in total.